The SMILES string of the molecule is COc1ccc(OC)c(N2C(=O)C(Cl)=C(Nc3ccc(C(=O)Oc4ccc(C)c(C)c4)cc3)C2=O)c1. The van der Waals surface area contributed by atoms with Crippen LogP contribution in [-0.2, 0) is 9.59 Å². The lowest BCUT2D eigenvalue weighted by Crippen LogP contribution is -2.32. The Morgan fingerprint density at radius 1 is 0.833 bits per heavy atom. The smallest absolute Gasteiger partial charge is 0.343 e. The highest BCUT2D eigenvalue weighted by atomic mass is 35.5. The number of methoxy groups -OCH3 is 2. The molecule has 0 radical (unpaired) electrons. The molecule has 0 aromatic heterocycles. The summed E-state index contributed by atoms with van der Waals surface area (Å²) in [6.45, 7) is 3.91. The van der Waals surface area contributed by atoms with Gasteiger partial charge in [0.25, 0.3) is 11.8 Å². The normalized spacial score (nSPS) is 13.2. The van der Waals surface area contributed by atoms with E-state index in [1.807, 2.05) is 19.9 Å². The Hall–Kier alpha value is -4.30. The van der Waals surface area contributed by atoms with Gasteiger partial charge in [-0.05, 0) is 73.5 Å². The van der Waals surface area contributed by atoms with Crippen molar-refractivity contribution in [3.05, 3.63) is 88.1 Å². The number of amides is 2. The molecule has 36 heavy (non-hydrogen) atoms. The van der Waals surface area contributed by atoms with Crippen LogP contribution in [0.4, 0.5) is 11.4 Å². The molecule has 8 nitrogen and oxygen atoms in total. The van der Waals surface area contributed by atoms with Crippen LogP contribution in [0.3, 0.4) is 0 Å². The zero-order valence-electron chi connectivity index (χ0n) is 20.0. The molecule has 3 aromatic rings. The molecule has 0 unspecified atom stereocenters. The number of benzene rings is 3. The van der Waals surface area contributed by atoms with Crippen LogP contribution in [0.15, 0.2) is 71.4 Å². The van der Waals surface area contributed by atoms with Gasteiger partial charge in [0.2, 0.25) is 0 Å². The summed E-state index contributed by atoms with van der Waals surface area (Å²) in [5.74, 6) is -0.697. The summed E-state index contributed by atoms with van der Waals surface area (Å²) in [6, 6.07) is 16.4. The maximum absolute atomic E-state index is 13.2. The van der Waals surface area contributed by atoms with Crippen LogP contribution in [0.5, 0.6) is 17.2 Å². The minimum absolute atomic E-state index is 0.100. The average molecular weight is 507 g/mol. The van der Waals surface area contributed by atoms with Crippen molar-refractivity contribution >= 4 is 40.8 Å². The van der Waals surface area contributed by atoms with Gasteiger partial charge in [0, 0.05) is 11.8 Å². The number of ether oxygens (including phenoxy) is 3. The van der Waals surface area contributed by atoms with Crippen LogP contribution in [0, 0.1) is 13.8 Å². The molecule has 0 fully saturated rings. The molecule has 0 aliphatic carbocycles. The molecule has 0 saturated heterocycles. The van der Waals surface area contributed by atoms with Crippen LogP contribution in [0.25, 0.3) is 0 Å². The van der Waals surface area contributed by atoms with Gasteiger partial charge in [-0.2, -0.15) is 0 Å². The summed E-state index contributed by atoms with van der Waals surface area (Å²) in [5.41, 5.74) is 2.98. The van der Waals surface area contributed by atoms with E-state index in [2.05, 4.69) is 5.32 Å². The number of aryl methyl sites for hydroxylation is 2. The Kier molecular flexibility index (Phi) is 6.98. The van der Waals surface area contributed by atoms with E-state index >= 15 is 0 Å². The first-order chi connectivity index (χ1) is 17.2. The molecule has 0 spiro atoms. The van der Waals surface area contributed by atoms with Crippen LogP contribution < -0.4 is 24.4 Å². The number of rotatable bonds is 7. The predicted octanol–water partition coefficient (Wildman–Crippen LogP) is 4.98. The van der Waals surface area contributed by atoms with Crippen molar-refractivity contribution in [3.8, 4) is 17.2 Å². The Morgan fingerprint density at radius 2 is 1.53 bits per heavy atom. The zero-order chi connectivity index (χ0) is 26.0. The molecule has 1 aliphatic rings. The van der Waals surface area contributed by atoms with Gasteiger partial charge in [-0.3, -0.25) is 9.59 Å². The fourth-order valence-corrected chi connectivity index (χ4v) is 3.79. The molecular formula is C27H23ClN2O6. The fourth-order valence-electron chi connectivity index (χ4n) is 3.58. The summed E-state index contributed by atoms with van der Waals surface area (Å²) < 4.78 is 16.0. The third-order valence-corrected chi connectivity index (χ3v) is 6.08. The van der Waals surface area contributed by atoms with E-state index in [0.717, 1.165) is 16.0 Å². The summed E-state index contributed by atoms with van der Waals surface area (Å²) >= 11 is 6.24. The number of hydrogen-bond acceptors (Lipinski definition) is 7. The van der Waals surface area contributed by atoms with Crippen LogP contribution in [0.1, 0.15) is 21.5 Å². The maximum atomic E-state index is 13.2. The molecule has 0 saturated carbocycles. The summed E-state index contributed by atoms with van der Waals surface area (Å²) in [7, 11) is 2.90. The van der Waals surface area contributed by atoms with Gasteiger partial charge in [-0.1, -0.05) is 17.7 Å². The van der Waals surface area contributed by atoms with E-state index in [1.165, 1.54) is 20.3 Å². The number of imide groups is 1. The maximum Gasteiger partial charge on any atom is 0.343 e. The Balaban J connectivity index is 1.51. The van der Waals surface area contributed by atoms with Crippen molar-refractivity contribution < 1.29 is 28.6 Å². The van der Waals surface area contributed by atoms with Crippen molar-refractivity contribution in [1.82, 2.24) is 0 Å². The molecule has 9 heteroatoms. The highest BCUT2D eigenvalue weighted by molar-refractivity contribution is 6.53. The molecule has 3 aromatic carbocycles. The minimum atomic E-state index is -0.704. The van der Waals surface area contributed by atoms with Crippen LogP contribution in [0.2, 0.25) is 0 Å². The van der Waals surface area contributed by atoms with Gasteiger partial charge >= 0.3 is 5.97 Å². The lowest BCUT2D eigenvalue weighted by molar-refractivity contribution is -0.120. The van der Waals surface area contributed by atoms with Crippen molar-refractivity contribution in [1.29, 1.82) is 0 Å². The minimum Gasteiger partial charge on any atom is -0.497 e. The summed E-state index contributed by atoms with van der Waals surface area (Å²) in [6.07, 6.45) is 0. The lowest BCUT2D eigenvalue weighted by Gasteiger charge is -2.19. The second-order valence-corrected chi connectivity index (χ2v) is 8.39. The van der Waals surface area contributed by atoms with Crippen LogP contribution in [-0.4, -0.2) is 32.0 Å². The zero-order valence-corrected chi connectivity index (χ0v) is 20.8. The third-order valence-electron chi connectivity index (χ3n) is 5.73. The van der Waals surface area contributed by atoms with Gasteiger partial charge in [0.05, 0.1) is 25.5 Å². The molecule has 2 amide bonds. The predicted molar refractivity (Wildman–Crippen MR) is 136 cm³/mol. The highest BCUT2D eigenvalue weighted by Crippen LogP contribution is 2.38. The summed E-state index contributed by atoms with van der Waals surface area (Å²) in [5, 5.41) is 2.60. The second kappa shape index (κ2) is 10.1. The Labute approximate surface area is 213 Å². The van der Waals surface area contributed by atoms with E-state index in [0.29, 0.717) is 28.5 Å². The number of nitrogens with zero attached hydrogens (tertiary/aromatic N) is 1. The molecule has 1 heterocycles. The Morgan fingerprint density at radius 3 is 2.17 bits per heavy atom. The number of anilines is 2. The third kappa shape index (κ3) is 4.76. The first kappa shape index (κ1) is 24.8. The number of carbonyl (C=O) groups excluding carboxylic acids is 3. The van der Waals surface area contributed by atoms with Gasteiger partial charge in [0.1, 0.15) is 28.0 Å². The van der Waals surface area contributed by atoms with E-state index in [9.17, 15) is 14.4 Å². The molecule has 1 aliphatic heterocycles. The topological polar surface area (TPSA) is 94.2 Å². The first-order valence-corrected chi connectivity index (χ1v) is 11.3. The number of carbonyl (C=O) groups is 3. The van der Waals surface area contributed by atoms with Gasteiger partial charge < -0.3 is 19.5 Å². The molecule has 0 bridgehead atoms. The van der Waals surface area contributed by atoms with E-state index < -0.39 is 17.8 Å². The van der Waals surface area contributed by atoms with Crippen LogP contribution >= 0.6 is 11.6 Å². The number of hydrogen-bond donors (Lipinski definition) is 1. The molecule has 4 rings (SSSR count). The van der Waals surface area contributed by atoms with Crippen molar-refractivity contribution in [2.75, 3.05) is 24.4 Å². The van der Waals surface area contributed by atoms with Crippen molar-refractivity contribution in [3.63, 3.8) is 0 Å². The first-order valence-electron chi connectivity index (χ1n) is 10.9. The van der Waals surface area contributed by atoms with Gasteiger partial charge in [-0.25, -0.2) is 9.69 Å². The highest BCUT2D eigenvalue weighted by Gasteiger charge is 2.40. The quantitative estimate of drug-likeness (QED) is 0.274. The summed E-state index contributed by atoms with van der Waals surface area (Å²) in [4.78, 5) is 39.5. The average Bonchev–Trinajstić information content (AvgIpc) is 3.09. The van der Waals surface area contributed by atoms with Gasteiger partial charge in [-0.15, -0.1) is 0 Å². The number of esters is 1. The monoisotopic (exact) mass is 506 g/mol. The van der Waals surface area contributed by atoms with Crippen molar-refractivity contribution in [2.45, 2.75) is 13.8 Å². The molecule has 1 N–H and O–H groups in total. The molecule has 0 atom stereocenters. The largest absolute Gasteiger partial charge is 0.497 e. The van der Waals surface area contributed by atoms with E-state index in [4.69, 9.17) is 25.8 Å². The molecular weight excluding hydrogens is 484 g/mol. The van der Waals surface area contributed by atoms with Gasteiger partial charge in [0.15, 0.2) is 0 Å². The van der Waals surface area contributed by atoms with Crippen molar-refractivity contribution in [2.24, 2.45) is 0 Å². The standard InChI is InChI=1S/C27H23ClN2O6/c1-15-5-10-20(13-16(15)2)36-27(33)17-6-8-18(9-7-17)29-24-23(28)25(31)30(26(24)32)21-14-19(34-3)11-12-22(21)35-4/h5-14,29H,1-4H3. The Bertz CT molecular complexity index is 1400. The lowest BCUT2D eigenvalue weighted by atomic mass is 10.1. The van der Waals surface area contributed by atoms with E-state index in [1.54, 1.807) is 48.5 Å². The van der Waals surface area contributed by atoms with E-state index in [-0.39, 0.29) is 16.4 Å². The fraction of sp³-hybridized carbons (Fsp3) is 0.148. The number of halogens is 1. The second-order valence-electron chi connectivity index (χ2n) is 8.01. The number of nitrogens with one attached hydrogen (secondary N) is 1. The molecule has 184 valence electrons.